The van der Waals surface area contributed by atoms with Crippen LogP contribution in [0.25, 0.3) is 33.9 Å². The molecule has 8 aromatic rings. The van der Waals surface area contributed by atoms with Gasteiger partial charge in [-0.1, -0.05) is 30.0 Å². The topological polar surface area (TPSA) is 179 Å². The lowest BCUT2D eigenvalue weighted by atomic mass is 10.1. The van der Waals surface area contributed by atoms with Gasteiger partial charge in [0.25, 0.3) is 11.8 Å². The van der Waals surface area contributed by atoms with Crippen molar-refractivity contribution >= 4 is 23.2 Å². The molecule has 8 rings (SSSR count). The number of hydrogen-bond acceptors (Lipinski definition) is 10. The van der Waals surface area contributed by atoms with Crippen LogP contribution in [0.1, 0.15) is 67.3 Å². The largest absolute Gasteiger partial charge is 0.416 e. The molecule has 0 fully saturated rings. The van der Waals surface area contributed by atoms with Gasteiger partial charge in [-0.25, -0.2) is 9.36 Å². The molecule has 0 aliphatic heterocycles. The number of aromatic nitrogens is 10. The van der Waals surface area contributed by atoms with E-state index < -0.39 is 35.3 Å². The van der Waals surface area contributed by atoms with Gasteiger partial charge < -0.3 is 28.1 Å². The van der Waals surface area contributed by atoms with E-state index in [-0.39, 0.29) is 55.9 Å². The Labute approximate surface area is 418 Å². The number of rotatable bonds is 13. The van der Waals surface area contributed by atoms with Crippen molar-refractivity contribution in [3.63, 3.8) is 0 Å². The molecule has 4 heterocycles. The van der Waals surface area contributed by atoms with Gasteiger partial charge in [-0.05, 0) is 131 Å². The number of halogens is 6. The Morgan fingerprint density at radius 3 is 1.63 bits per heavy atom. The van der Waals surface area contributed by atoms with Crippen LogP contribution in [0.3, 0.4) is 0 Å². The van der Waals surface area contributed by atoms with Crippen molar-refractivity contribution in [1.29, 1.82) is 0 Å². The Morgan fingerprint density at radius 1 is 0.658 bits per heavy atom. The van der Waals surface area contributed by atoms with E-state index in [1.165, 1.54) is 15.4 Å². The van der Waals surface area contributed by atoms with Crippen molar-refractivity contribution in [3.05, 3.63) is 161 Å². The van der Waals surface area contributed by atoms with Crippen LogP contribution >= 0.6 is 0 Å². The number of benzene rings is 4. The summed E-state index contributed by atoms with van der Waals surface area (Å²) in [5.41, 5.74) is 6.41. The molecule has 22 heteroatoms. The highest BCUT2D eigenvalue weighted by atomic mass is 19.4. The molecular formula is C51H56F6N13O3-. The first kappa shape index (κ1) is 55.9. The number of carbonyl (C=O) groups is 2. The normalized spacial score (nSPS) is 11.4. The average molecular weight is 1010 g/mol. The molecule has 0 radical (unpaired) electrons. The Bertz CT molecular complexity index is 3200. The van der Waals surface area contributed by atoms with E-state index in [0.29, 0.717) is 41.3 Å². The van der Waals surface area contributed by atoms with Gasteiger partial charge in [0, 0.05) is 72.3 Å². The minimum atomic E-state index is -4.58. The second kappa shape index (κ2) is 23.1. The first-order valence-electron chi connectivity index (χ1n) is 21.9. The average Bonchev–Trinajstić information content (AvgIpc) is 4.14. The van der Waals surface area contributed by atoms with Crippen LogP contribution in [-0.2, 0) is 39.3 Å². The molecular weight excluding hydrogens is 957 g/mol. The number of aliphatic hydroxyl groups is 1. The lowest BCUT2D eigenvalue weighted by Gasteiger charge is -2.15. The highest BCUT2D eigenvalue weighted by Gasteiger charge is 2.32. The number of carbonyl (C=O) groups excluding carboxylic acids is 2. The molecule has 73 heavy (non-hydrogen) atoms. The second-order valence-electron chi connectivity index (χ2n) is 17.0. The summed E-state index contributed by atoms with van der Waals surface area (Å²) >= 11 is 0. The van der Waals surface area contributed by atoms with E-state index in [1.54, 1.807) is 82.7 Å². The lowest BCUT2D eigenvalue weighted by Crippen LogP contribution is -2.17. The van der Waals surface area contributed by atoms with Gasteiger partial charge in [0.1, 0.15) is 11.4 Å². The van der Waals surface area contributed by atoms with Gasteiger partial charge in [-0.2, -0.15) is 36.5 Å². The molecule has 2 amide bonds. The van der Waals surface area contributed by atoms with Gasteiger partial charge in [0.15, 0.2) is 0 Å². The zero-order chi connectivity index (χ0) is 51.4. The summed E-state index contributed by atoms with van der Waals surface area (Å²) in [6.45, 7) is 5.95. The van der Waals surface area contributed by atoms with Crippen molar-refractivity contribution in [2.45, 2.75) is 53.4 Å². The number of alkyl halides is 6. The molecule has 0 aliphatic rings. The summed E-state index contributed by atoms with van der Waals surface area (Å²) in [4.78, 5) is 27.8. The maximum Gasteiger partial charge on any atom is 0.416 e. The quantitative estimate of drug-likeness (QED) is 0.0744. The molecule has 0 unspecified atom stereocenters. The third-order valence-electron chi connectivity index (χ3n) is 11.5. The van der Waals surface area contributed by atoms with Crippen molar-refractivity contribution in [2.24, 2.45) is 14.1 Å². The molecule has 4 aromatic carbocycles. The summed E-state index contributed by atoms with van der Waals surface area (Å²) in [6.07, 6.45) is -1.81. The second-order valence-corrected chi connectivity index (χ2v) is 17.0. The molecule has 4 aromatic heterocycles. The Morgan fingerprint density at radius 2 is 1.15 bits per heavy atom. The Hall–Kier alpha value is -7.98. The Balaban J connectivity index is 0.000000264. The lowest BCUT2D eigenvalue weighted by molar-refractivity contribution is -0.138. The first-order valence-corrected chi connectivity index (χ1v) is 21.9. The van der Waals surface area contributed by atoms with Crippen LogP contribution in [0.2, 0.25) is 0 Å². The maximum atomic E-state index is 13.5. The number of hydrogen-bond donors (Lipinski definition) is 3. The summed E-state index contributed by atoms with van der Waals surface area (Å²) in [7, 11) is 7.35. The van der Waals surface area contributed by atoms with Crippen LogP contribution in [0, 0.1) is 28.2 Å². The van der Waals surface area contributed by atoms with E-state index in [2.05, 4.69) is 41.5 Å². The number of anilines is 2. The number of nitrogens with one attached hydrogen (secondary N) is 2. The minimum absolute atomic E-state index is 0. The number of amides is 2. The fraction of sp³-hybridized carbons (Fsp3) is 0.275. The molecule has 3 N–H and O–H groups in total. The van der Waals surface area contributed by atoms with E-state index in [4.69, 9.17) is 5.11 Å². The molecule has 386 valence electrons. The standard InChI is InChI=1S/C25H26F3N7O.C24H23F3N6O2.CH4.CH3/c1-16-22(14-29-34(16)4)23-15-35(32-31-23)21-7-5-6-18(12-21)24(36)30-20-11-17(8-9-33(2)3)10-19(13-20)25(26,27)28;1-14-4-5-17(10-22(14)33-13-21(30-31-33)20-12-28-32(3)15(20)2)23(35)29-19-9-16(6-7-34)8-18(11-19)24(25,26)27;;/h5-7,10-15H,8-9H2,1-4H3,(H,30,36);4-5,8-13,34H,6-7H2,1-3H3,(H,29,35);1H4;1H3/q;;;-1. The Kier molecular flexibility index (Phi) is 17.7. The van der Waals surface area contributed by atoms with E-state index in [0.717, 1.165) is 52.3 Å². The zero-order valence-corrected chi connectivity index (χ0v) is 40.6. The van der Waals surface area contributed by atoms with Crippen LogP contribution in [0.4, 0.5) is 37.7 Å². The van der Waals surface area contributed by atoms with Crippen LogP contribution in [0.5, 0.6) is 0 Å². The molecule has 0 saturated carbocycles. The highest BCUT2D eigenvalue weighted by molar-refractivity contribution is 6.05. The van der Waals surface area contributed by atoms with Gasteiger partial charge >= 0.3 is 12.4 Å². The molecule has 0 atom stereocenters. The molecule has 0 aliphatic carbocycles. The predicted molar refractivity (Wildman–Crippen MR) is 266 cm³/mol. The van der Waals surface area contributed by atoms with Crippen LogP contribution in [-0.4, -0.2) is 98.6 Å². The smallest absolute Gasteiger partial charge is 0.396 e. The van der Waals surface area contributed by atoms with Gasteiger partial charge in [-0.3, -0.25) is 19.0 Å². The van der Waals surface area contributed by atoms with Crippen molar-refractivity contribution in [1.82, 2.24) is 54.4 Å². The maximum absolute atomic E-state index is 13.5. The van der Waals surface area contributed by atoms with Crippen molar-refractivity contribution in [2.75, 3.05) is 37.9 Å². The third kappa shape index (κ3) is 13.5. The van der Waals surface area contributed by atoms with Crippen LogP contribution < -0.4 is 10.6 Å². The molecule has 16 nitrogen and oxygen atoms in total. The fourth-order valence-electron chi connectivity index (χ4n) is 7.34. The van der Waals surface area contributed by atoms with Crippen molar-refractivity contribution < 1.29 is 41.0 Å². The minimum Gasteiger partial charge on any atom is -0.396 e. The third-order valence-corrected chi connectivity index (χ3v) is 11.5. The SMILES string of the molecule is C.Cc1c(-c2cn(-c3cccc(C(=O)Nc4cc(CCN(C)C)cc(C(F)(F)F)c4)c3)nn2)cnn1C.Cc1ccc(C(=O)Nc2cc(CCO)cc(C(F)(F)F)c2)cc1-n1cc(-c2cnn(C)c2C)nn1.[CH3-]. The highest BCUT2D eigenvalue weighted by Crippen LogP contribution is 2.34. The summed E-state index contributed by atoms with van der Waals surface area (Å²) in [6, 6.07) is 18.4. The number of aliphatic hydroxyl groups excluding tert-OH is 1. The number of aryl methyl sites for hydroxylation is 3. The molecule has 0 bridgehead atoms. The van der Waals surface area contributed by atoms with Crippen molar-refractivity contribution in [3.8, 4) is 33.9 Å². The fourth-order valence-corrected chi connectivity index (χ4v) is 7.34. The van der Waals surface area contributed by atoms with E-state index in [9.17, 15) is 35.9 Å². The summed E-state index contributed by atoms with van der Waals surface area (Å²) < 4.78 is 86.8. The number of likely N-dealkylation sites (N-methyl/N-ethyl adjacent to an activating group) is 1. The van der Waals surface area contributed by atoms with E-state index >= 15 is 0 Å². The van der Waals surface area contributed by atoms with Gasteiger partial charge in [-0.15, -0.1) is 10.2 Å². The van der Waals surface area contributed by atoms with Gasteiger partial charge in [0.2, 0.25) is 0 Å². The van der Waals surface area contributed by atoms with E-state index in [1.807, 2.05) is 53.9 Å². The van der Waals surface area contributed by atoms with Crippen LogP contribution in [0.15, 0.2) is 104 Å². The monoisotopic (exact) mass is 1010 g/mol. The zero-order valence-electron chi connectivity index (χ0n) is 40.6. The molecule has 0 spiro atoms. The molecule has 0 saturated heterocycles. The first-order chi connectivity index (χ1) is 33.6. The summed E-state index contributed by atoms with van der Waals surface area (Å²) in [5, 5.41) is 39.4. The summed E-state index contributed by atoms with van der Waals surface area (Å²) in [5.74, 6) is -1.11. The predicted octanol–water partition coefficient (Wildman–Crippen LogP) is 9.53. The number of nitrogens with zero attached hydrogens (tertiary/aromatic N) is 11. The van der Waals surface area contributed by atoms with Gasteiger partial charge in [0.05, 0.1) is 47.3 Å².